The van der Waals surface area contributed by atoms with Crippen molar-refractivity contribution >= 4 is 13.7 Å². The van der Waals surface area contributed by atoms with Crippen LogP contribution in [0.4, 0.5) is 0 Å². The number of unbranched alkanes of at least 4 members (excludes halogenated alkanes) is 19. The number of likely N-dealkylation sites (N-methyl/N-ethyl adjacent to an activating group) is 1. The van der Waals surface area contributed by atoms with E-state index >= 15 is 0 Å². The molecule has 0 fully saturated rings. The van der Waals surface area contributed by atoms with E-state index in [9.17, 15) is 19.4 Å². The van der Waals surface area contributed by atoms with Crippen molar-refractivity contribution in [1.29, 1.82) is 0 Å². The Morgan fingerprint density at radius 1 is 0.486 bits per heavy atom. The summed E-state index contributed by atoms with van der Waals surface area (Å²) < 4.78 is 23.3. The van der Waals surface area contributed by atoms with Gasteiger partial charge in [0.2, 0.25) is 5.91 Å². The smallest absolute Gasteiger partial charge is 0.268 e. The summed E-state index contributed by atoms with van der Waals surface area (Å²) in [5, 5.41) is 13.8. The Bertz CT molecular complexity index is 1660. The Morgan fingerprint density at radius 2 is 0.838 bits per heavy atom. The molecule has 0 saturated carbocycles. The number of quaternary nitrogens is 1. The Labute approximate surface area is 456 Å². The van der Waals surface area contributed by atoms with E-state index in [2.05, 4.69) is 141 Å². The predicted molar refractivity (Wildman–Crippen MR) is 320 cm³/mol. The summed E-state index contributed by atoms with van der Waals surface area (Å²) in [5.41, 5.74) is 0. The van der Waals surface area contributed by atoms with Gasteiger partial charge >= 0.3 is 0 Å². The van der Waals surface area contributed by atoms with Crippen molar-refractivity contribution in [3.05, 3.63) is 134 Å². The number of hydrogen-bond donors (Lipinski definition) is 2. The minimum Gasteiger partial charge on any atom is -0.756 e. The summed E-state index contributed by atoms with van der Waals surface area (Å²) in [7, 11) is 1.19. The van der Waals surface area contributed by atoms with Gasteiger partial charge in [-0.2, -0.15) is 0 Å². The lowest BCUT2D eigenvalue weighted by Gasteiger charge is -2.29. The fourth-order valence-corrected chi connectivity index (χ4v) is 8.48. The van der Waals surface area contributed by atoms with Gasteiger partial charge in [0, 0.05) is 6.42 Å². The second-order valence-electron chi connectivity index (χ2n) is 20.6. The summed E-state index contributed by atoms with van der Waals surface area (Å²) in [4.78, 5) is 25.5. The van der Waals surface area contributed by atoms with Crippen LogP contribution in [-0.2, 0) is 18.4 Å². The van der Waals surface area contributed by atoms with Crippen molar-refractivity contribution in [3.63, 3.8) is 0 Å². The number of phosphoric ester groups is 1. The fourth-order valence-electron chi connectivity index (χ4n) is 7.76. The molecule has 9 heteroatoms. The summed E-state index contributed by atoms with van der Waals surface area (Å²) in [6, 6.07) is -0.946. The number of phosphoric acid groups is 1. The lowest BCUT2D eigenvalue weighted by atomic mass is 10.0. The Morgan fingerprint density at radius 3 is 1.26 bits per heavy atom. The van der Waals surface area contributed by atoms with Crippen molar-refractivity contribution < 1.29 is 32.9 Å². The zero-order chi connectivity index (χ0) is 54.2. The number of aliphatic hydroxyl groups is 1. The van der Waals surface area contributed by atoms with E-state index in [1.165, 1.54) is 109 Å². The molecule has 0 bridgehead atoms. The van der Waals surface area contributed by atoms with Crippen LogP contribution in [0.3, 0.4) is 0 Å². The van der Waals surface area contributed by atoms with Gasteiger partial charge in [-0.3, -0.25) is 9.36 Å². The van der Waals surface area contributed by atoms with Gasteiger partial charge in [-0.25, -0.2) is 0 Å². The third-order valence-electron chi connectivity index (χ3n) is 12.3. The normalized spacial score (nSPS) is 14.9. The molecule has 0 aromatic heterocycles. The van der Waals surface area contributed by atoms with Crippen LogP contribution in [0.1, 0.15) is 219 Å². The maximum atomic E-state index is 12.9. The van der Waals surface area contributed by atoms with E-state index in [0.717, 1.165) is 83.5 Å². The molecule has 2 N–H and O–H groups in total. The van der Waals surface area contributed by atoms with E-state index < -0.39 is 26.6 Å². The SMILES string of the molecule is CC/C=C\C/C=C\C/C=C\C/C=C\C/C=C\C/C=C\C/C=C\C/C=C\C/C=C\CCCC(=O)NC(COP(=O)([O-])OCC[N+](C)(C)C)C(O)/C=C/CC/C=C/CCCCCCCCCCCCCCCCCCC. The molecule has 1 amide bonds. The molecular weight excluding hydrogens is 936 g/mol. The molecule has 0 spiro atoms. The molecule has 0 saturated heterocycles. The highest BCUT2D eigenvalue weighted by Gasteiger charge is 2.23. The lowest BCUT2D eigenvalue weighted by Crippen LogP contribution is -2.45. The van der Waals surface area contributed by atoms with Crippen molar-refractivity contribution in [2.24, 2.45) is 0 Å². The first kappa shape index (κ1) is 70.6. The predicted octanol–water partition coefficient (Wildman–Crippen LogP) is 17.7. The first-order chi connectivity index (χ1) is 36.0. The number of hydrogen-bond acceptors (Lipinski definition) is 6. The molecule has 0 aliphatic heterocycles. The van der Waals surface area contributed by atoms with Crippen LogP contribution in [0.15, 0.2) is 134 Å². The van der Waals surface area contributed by atoms with E-state index in [1.54, 1.807) is 6.08 Å². The van der Waals surface area contributed by atoms with Crippen LogP contribution in [-0.4, -0.2) is 68.5 Å². The zero-order valence-electron chi connectivity index (χ0n) is 48.0. The second kappa shape index (κ2) is 54.4. The van der Waals surface area contributed by atoms with Gasteiger partial charge in [0.1, 0.15) is 13.2 Å². The standard InChI is InChI=1S/C65H111N2O6P/c1-6-8-10-12-14-16-18-20-22-24-26-28-30-31-32-33-34-35-37-39-41-43-45-47-49-51-53-55-57-59-65(69)66-63(62-73-74(70,71)72-61-60-67(3,4)5)64(68)58-56-54-52-50-48-46-44-42-40-38-36-29-27-25-23-21-19-17-15-13-11-9-7-2/h8,10,14,16,20,22,26,28,31-32,34-35,39,41,45,47-48,50-51,53,56,58,63-64,68H,6-7,9,11-13,15,17-19,21,23-25,27,29-30,33,36-38,40,42-44,46,49,52,54-55,57,59-62H2,1-5H3,(H-,66,69,70,71)/b10-8-,16-14-,22-20-,28-26-,32-31-,35-34-,41-39-,47-45-,50-48+,53-51-,58-56+. The summed E-state index contributed by atoms with van der Waals surface area (Å²) >= 11 is 0. The maximum Gasteiger partial charge on any atom is 0.268 e. The van der Waals surface area contributed by atoms with Crippen LogP contribution in [0.2, 0.25) is 0 Å². The van der Waals surface area contributed by atoms with E-state index in [4.69, 9.17) is 9.05 Å². The first-order valence-corrected chi connectivity index (χ1v) is 31.0. The zero-order valence-corrected chi connectivity index (χ0v) is 48.9. The summed E-state index contributed by atoms with van der Waals surface area (Å²) in [5.74, 6) is -0.269. The molecule has 0 heterocycles. The molecule has 8 nitrogen and oxygen atoms in total. The van der Waals surface area contributed by atoms with E-state index in [-0.39, 0.29) is 18.9 Å². The van der Waals surface area contributed by atoms with Crippen LogP contribution < -0.4 is 10.2 Å². The van der Waals surface area contributed by atoms with Crippen LogP contribution >= 0.6 is 7.82 Å². The largest absolute Gasteiger partial charge is 0.756 e. The molecular formula is C65H111N2O6P. The van der Waals surface area contributed by atoms with E-state index in [0.29, 0.717) is 17.4 Å². The number of carbonyl (C=O) groups excluding carboxylic acids is 1. The average molecular weight is 1050 g/mol. The topological polar surface area (TPSA) is 108 Å². The van der Waals surface area contributed by atoms with Gasteiger partial charge in [-0.1, -0.05) is 250 Å². The number of nitrogens with one attached hydrogen (secondary N) is 1. The number of carbonyl (C=O) groups is 1. The van der Waals surface area contributed by atoms with Gasteiger partial charge in [0.15, 0.2) is 0 Å². The molecule has 74 heavy (non-hydrogen) atoms. The maximum absolute atomic E-state index is 12.9. The fraction of sp³-hybridized carbons (Fsp3) is 0.646. The molecule has 0 aromatic carbocycles. The summed E-state index contributed by atoms with van der Waals surface area (Å²) in [6.07, 6.45) is 82.6. The van der Waals surface area contributed by atoms with Crippen molar-refractivity contribution in [3.8, 4) is 0 Å². The molecule has 0 aliphatic carbocycles. The van der Waals surface area contributed by atoms with Crippen LogP contribution in [0, 0.1) is 0 Å². The molecule has 0 rings (SSSR count). The van der Waals surface area contributed by atoms with Gasteiger partial charge < -0.3 is 28.8 Å². The highest BCUT2D eigenvalue weighted by atomic mass is 31.2. The first-order valence-electron chi connectivity index (χ1n) is 29.5. The van der Waals surface area contributed by atoms with Gasteiger partial charge in [-0.15, -0.1) is 0 Å². The number of allylic oxidation sites excluding steroid dienone is 21. The van der Waals surface area contributed by atoms with E-state index in [1.807, 2.05) is 27.2 Å². The Balaban J connectivity index is 4.41. The molecule has 0 aliphatic rings. The average Bonchev–Trinajstić information content (AvgIpc) is 3.36. The lowest BCUT2D eigenvalue weighted by molar-refractivity contribution is -0.870. The Kier molecular flexibility index (Phi) is 52.0. The minimum absolute atomic E-state index is 0.0249. The number of amides is 1. The third kappa shape index (κ3) is 56.4. The third-order valence-corrected chi connectivity index (χ3v) is 13.3. The number of rotatable bonds is 52. The molecule has 422 valence electrons. The second-order valence-corrected chi connectivity index (χ2v) is 22.0. The number of aliphatic hydroxyl groups excluding tert-OH is 1. The highest BCUT2D eigenvalue weighted by molar-refractivity contribution is 7.45. The summed E-state index contributed by atoms with van der Waals surface area (Å²) in [6.45, 7) is 4.47. The minimum atomic E-state index is -4.63. The van der Waals surface area contributed by atoms with Crippen molar-refractivity contribution in [2.75, 3.05) is 40.9 Å². The molecule has 3 atom stereocenters. The van der Waals surface area contributed by atoms with Gasteiger partial charge in [0.25, 0.3) is 7.82 Å². The van der Waals surface area contributed by atoms with Crippen molar-refractivity contribution in [2.45, 2.75) is 231 Å². The Hall–Kier alpha value is -3.36. The molecule has 3 unspecified atom stereocenters. The monoisotopic (exact) mass is 1050 g/mol. The quantitative estimate of drug-likeness (QED) is 0.0272. The van der Waals surface area contributed by atoms with Crippen LogP contribution in [0.25, 0.3) is 0 Å². The van der Waals surface area contributed by atoms with Gasteiger partial charge in [0.05, 0.1) is 39.9 Å². The van der Waals surface area contributed by atoms with Crippen LogP contribution in [0.5, 0.6) is 0 Å². The van der Waals surface area contributed by atoms with Gasteiger partial charge in [-0.05, 0) is 96.3 Å². The number of nitrogens with zero attached hydrogens (tertiary/aromatic N) is 1. The molecule has 0 aromatic rings. The highest BCUT2D eigenvalue weighted by Crippen LogP contribution is 2.38. The van der Waals surface area contributed by atoms with Crippen molar-refractivity contribution in [1.82, 2.24) is 5.32 Å². The molecule has 0 radical (unpaired) electrons.